The van der Waals surface area contributed by atoms with Gasteiger partial charge in [-0.25, -0.2) is 0 Å². The van der Waals surface area contributed by atoms with E-state index in [1.807, 2.05) is 30.3 Å². The van der Waals surface area contributed by atoms with E-state index in [-0.39, 0.29) is 11.3 Å². The average Bonchev–Trinajstić information content (AvgIpc) is 2.47. The highest BCUT2D eigenvalue weighted by molar-refractivity contribution is 5.65. The molecule has 0 aliphatic heterocycles. The summed E-state index contributed by atoms with van der Waals surface area (Å²) in [5.41, 5.74) is 2.50. The maximum Gasteiger partial charge on any atom is 0.289 e. The predicted molar refractivity (Wildman–Crippen MR) is 76.9 cm³/mol. The summed E-state index contributed by atoms with van der Waals surface area (Å²) in [5.74, 6) is 0. The Hall–Kier alpha value is -2.87. The van der Waals surface area contributed by atoms with Crippen molar-refractivity contribution in [2.45, 2.75) is 13.3 Å². The van der Waals surface area contributed by atoms with Gasteiger partial charge in [-0.05, 0) is 36.2 Å². The number of benzene rings is 2. The first-order valence-electron chi connectivity index (χ1n) is 6.18. The molecule has 0 bridgehead atoms. The van der Waals surface area contributed by atoms with Crippen molar-refractivity contribution in [3.8, 4) is 6.07 Å². The SMILES string of the molecule is CCc1cccc(Nc2ccc(C#N)c([N+](=O)[O-])c2)c1. The molecule has 0 heterocycles. The fraction of sp³-hybridized carbons (Fsp3) is 0.133. The number of nitrogens with zero attached hydrogens (tertiary/aromatic N) is 2. The van der Waals surface area contributed by atoms with Gasteiger partial charge in [0, 0.05) is 17.4 Å². The van der Waals surface area contributed by atoms with Crippen molar-refractivity contribution in [3.05, 3.63) is 63.7 Å². The molecule has 0 amide bonds. The summed E-state index contributed by atoms with van der Waals surface area (Å²) in [5, 5.41) is 22.9. The minimum absolute atomic E-state index is 0.0582. The van der Waals surface area contributed by atoms with Gasteiger partial charge in [0.2, 0.25) is 0 Å². The summed E-state index contributed by atoms with van der Waals surface area (Å²) < 4.78 is 0. The Balaban J connectivity index is 2.32. The highest BCUT2D eigenvalue weighted by atomic mass is 16.6. The summed E-state index contributed by atoms with van der Waals surface area (Å²) >= 11 is 0. The summed E-state index contributed by atoms with van der Waals surface area (Å²) in [6, 6.07) is 14.1. The largest absolute Gasteiger partial charge is 0.355 e. The number of rotatable bonds is 4. The molecule has 2 aromatic rings. The quantitative estimate of drug-likeness (QED) is 0.675. The Bertz CT molecular complexity index is 690. The molecule has 5 heteroatoms. The molecule has 0 aliphatic rings. The van der Waals surface area contributed by atoms with E-state index in [1.54, 1.807) is 6.07 Å². The van der Waals surface area contributed by atoms with Gasteiger partial charge in [0.25, 0.3) is 5.69 Å². The van der Waals surface area contributed by atoms with Gasteiger partial charge in [-0.1, -0.05) is 19.1 Å². The normalized spacial score (nSPS) is 9.80. The van der Waals surface area contributed by atoms with E-state index in [0.717, 1.165) is 12.1 Å². The van der Waals surface area contributed by atoms with Crippen molar-refractivity contribution < 1.29 is 4.92 Å². The number of hydrogen-bond acceptors (Lipinski definition) is 4. The maximum atomic E-state index is 10.9. The van der Waals surface area contributed by atoms with Gasteiger partial charge >= 0.3 is 0 Å². The zero-order chi connectivity index (χ0) is 14.5. The lowest BCUT2D eigenvalue weighted by Gasteiger charge is -2.08. The molecule has 0 saturated heterocycles. The molecule has 0 aromatic heterocycles. The van der Waals surface area contributed by atoms with E-state index in [1.165, 1.54) is 17.7 Å². The Morgan fingerprint density at radius 3 is 2.65 bits per heavy atom. The fourth-order valence-corrected chi connectivity index (χ4v) is 1.89. The second kappa shape index (κ2) is 5.85. The van der Waals surface area contributed by atoms with Crippen LogP contribution in [0.25, 0.3) is 0 Å². The van der Waals surface area contributed by atoms with Crippen LogP contribution in [0.1, 0.15) is 18.1 Å². The molecule has 0 unspecified atom stereocenters. The van der Waals surface area contributed by atoms with Gasteiger partial charge < -0.3 is 5.32 Å². The molecule has 5 nitrogen and oxygen atoms in total. The van der Waals surface area contributed by atoms with Crippen LogP contribution in [0.2, 0.25) is 0 Å². The lowest BCUT2D eigenvalue weighted by atomic mass is 10.1. The fourth-order valence-electron chi connectivity index (χ4n) is 1.89. The molecule has 2 aromatic carbocycles. The van der Waals surface area contributed by atoms with E-state index >= 15 is 0 Å². The van der Waals surface area contributed by atoms with E-state index < -0.39 is 4.92 Å². The molecule has 1 N–H and O–H groups in total. The number of nitro groups is 1. The van der Waals surface area contributed by atoms with E-state index in [2.05, 4.69) is 12.2 Å². The van der Waals surface area contributed by atoms with Crippen LogP contribution in [-0.2, 0) is 6.42 Å². The van der Waals surface area contributed by atoms with Crippen molar-refractivity contribution in [3.63, 3.8) is 0 Å². The highest BCUT2D eigenvalue weighted by Gasteiger charge is 2.14. The Morgan fingerprint density at radius 1 is 1.25 bits per heavy atom. The summed E-state index contributed by atoms with van der Waals surface area (Å²) in [6.07, 6.45) is 0.920. The van der Waals surface area contributed by atoms with Crippen molar-refractivity contribution in [2.75, 3.05) is 5.32 Å². The van der Waals surface area contributed by atoms with Crippen LogP contribution < -0.4 is 5.32 Å². The van der Waals surface area contributed by atoms with Gasteiger partial charge in [-0.2, -0.15) is 5.26 Å². The standard InChI is InChI=1S/C15H13N3O2/c1-2-11-4-3-5-13(8-11)17-14-7-6-12(10-16)15(9-14)18(19)20/h3-9,17H,2H2,1H3. The predicted octanol–water partition coefficient (Wildman–Crippen LogP) is 3.77. The number of anilines is 2. The minimum atomic E-state index is -0.549. The number of aryl methyl sites for hydroxylation is 1. The highest BCUT2D eigenvalue weighted by Crippen LogP contribution is 2.25. The first-order valence-corrected chi connectivity index (χ1v) is 6.18. The number of hydrogen-bond donors (Lipinski definition) is 1. The van der Waals surface area contributed by atoms with Gasteiger partial charge in [-0.15, -0.1) is 0 Å². The van der Waals surface area contributed by atoms with Crippen molar-refractivity contribution in [2.24, 2.45) is 0 Å². The zero-order valence-corrected chi connectivity index (χ0v) is 11.0. The summed E-state index contributed by atoms with van der Waals surface area (Å²) in [6.45, 7) is 2.06. The molecule has 0 spiro atoms. The van der Waals surface area contributed by atoms with E-state index in [0.29, 0.717) is 5.69 Å². The molecule has 0 fully saturated rings. The van der Waals surface area contributed by atoms with Gasteiger partial charge in [0.15, 0.2) is 0 Å². The van der Waals surface area contributed by atoms with Crippen LogP contribution in [0.5, 0.6) is 0 Å². The molecule has 0 radical (unpaired) electrons. The third-order valence-corrected chi connectivity index (χ3v) is 2.94. The van der Waals surface area contributed by atoms with Gasteiger partial charge in [0.05, 0.1) is 4.92 Å². The molecule has 0 saturated carbocycles. The van der Waals surface area contributed by atoms with Crippen molar-refractivity contribution >= 4 is 17.1 Å². The lowest BCUT2D eigenvalue weighted by molar-refractivity contribution is -0.385. The van der Waals surface area contributed by atoms with E-state index in [4.69, 9.17) is 5.26 Å². The van der Waals surface area contributed by atoms with Gasteiger partial charge in [-0.3, -0.25) is 10.1 Å². The topological polar surface area (TPSA) is 79.0 Å². The Kier molecular flexibility index (Phi) is 3.96. The number of nitro benzene ring substituents is 1. The average molecular weight is 267 g/mol. The van der Waals surface area contributed by atoms with Gasteiger partial charge in [0.1, 0.15) is 11.6 Å². The number of nitrogens with one attached hydrogen (secondary N) is 1. The molecule has 100 valence electrons. The third-order valence-electron chi connectivity index (χ3n) is 2.94. The lowest BCUT2D eigenvalue weighted by Crippen LogP contribution is -1.96. The monoisotopic (exact) mass is 267 g/mol. The first kappa shape index (κ1) is 13.6. The molecule has 0 atom stereocenters. The molecule has 20 heavy (non-hydrogen) atoms. The number of nitriles is 1. The van der Waals surface area contributed by atoms with Crippen LogP contribution >= 0.6 is 0 Å². The van der Waals surface area contributed by atoms with Crippen LogP contribution in [0.4, 0.5) is 17.1 Å². The smallest absolute Gasteiger partial charge is 0.289 e. The molecule has 2 rings (SSSR count). The maximum absolute atomic E-state index is 10.9. The van der Waals surface area contributed by atoms with Crippen LogP contribution in [0.3, 0.4) is 0 Å². The van der Waals surface area contributed by atoms with Crippen LogP contribution in [0.15, 0.2) is 42.5 Å². The van der Waals surface area contributed by atoms with Crippen LogP contribution in [-0.4, -0.2) is 4.92 Å². The Labute approximate surface area is 116 Å². The second-order valence-corrected chi connectivity index (χ2v) is 4.28. The second-order valence-electron chi connectivity index (χ2n) is 4.28. The summed E-state index contributed by atoms with van der Waals surface area (Å²) in [7, 11) is 0. The van der Waals surface area contributed by atoms with Crippen molar-refractivity contribution in [1.82, 2.24) is 0 Å². The Morgan fingerprint density at radius 2 is 2.00 bits per heavy atom. The summed E-state index contributed by atoms with van der Waals surface area (Å²) in [4.78, 5) is 10.4. The molecular formula is C15H13N3O2. The first-order chi connectivity index (χ1) is 9.63. The van der Waals surface area contributed by atoms with Crippen molar-refractivity contribution in [1.29, 1.82) is 5.26 Å². The van der Waals surface area contributed by atoms with E-state index in [9.17, 15) is 10.1 Å². The van der Waals surface area contributed by atoms with Crippen LogP contribution in [0, 0.1) is 21.4 Å². The third kappa shape index (κ3) is 2.93. The zero-order valence-electron chi connectivity index (χ0n) is 11.0. The molecule has 0 aliphatic carbocycles. The molecular weight excluding hydrogens is 254 g/mol. The minimum Gasteiger partial charge on any atom is -0.355 e.